The summed E-state index contributed by atoms with van der Waals surface area (Å²) in [6, 6.07) is -0.593. The van der Waals surface area contributed by atoms with Crippen LogP contribution in [0.5, 0.6) is 0 Å². The first-order chi connectivity index (χ1) is 12.5. The molecule has 0 radical (unpaired) electrons. The molecular weight excluding hydrogens is 336 g/mol. The maximum Gasteiger partial charge on any atom is 0.320 e. The lowest BCUT2D eigenvalue weighted by molar-refractivity contribution is -0.139. The fourth-order valence-electron chi connectivity index (χ4n) is 3.86. The van der Waals surface area contributed by atoms with Crippen molar-refractivity contribution in [1.29, 1.82) is 0 Å². The number of rotatable bonds is 6. The molecule has 1 aliphatic carbocycles. The summed E-state index contributed by atoms with van der Waals surface area (Å²) in [5.74, 6) is -0.286. The third kappa shape index (κ3) is 4.72. The van der Waals surface area contributed by atoms with Crippen LogP contribution in [0.2, 0.25) is 0 Å². The third-order valence-electron chi connectivity index (χ3n) is 5.48. The van der Waals surface area contributed by atoms with E-state index in [1.807, 2.05) is 0 Å². The fourth-order valence-corrected chi connectivity index (χ4v) is 3.86. The lowest BCUT2D eigenvalue weighted by atomic mass is 9.85. The molecule has 1 saturated heterocycles. The molecule has 1 aromatic heterocycles. The van der Waals surface area contributed by atoms with Gasteiger partial charge in [-0.1, -0.05) is 24.5 Å². The summed E-state index contributed by atoms with van der Waals surface area (Å²) in [5, 5.41) is 26.0. The predicted molar refractivity (Wildman–Crippen MR) is 94.5 cm³/mol. The highest BCUT2D eigenvalue weighted by molar-refractivity contribution is 5.74. The Kier molecular flexibility index (Phi) is 6.08. The molecule has 9 heteroatoms. The van der Waals surface area contributed by atoms with Gasteiger partial charge in [0.1, 0.15) is 11.7 Å². The predicted octanol–water partition coefficient (Wildman–Crippen LogP) is 1.03. The Morgan fingerprint density at radius 2 is 2.15 bits per heavy atom. The largest absolute Gasteiger partial charge is 0.480 e. The van der Waals surface area contributed by atoms with E-state index in [0.717, 1.165) is 0 Å². The number of nitrogens with one attached hydrogen (secondary N) is 3. The van der Waals surface area contributed by atoms with E-state index in [-0.39, 0.29) is 18.1 Å². The van der Waals surface area contributed by atoms with Crippen LogP contribution in [0.1, 0.15) is 57.2 Å². The average molecular weight is 364 g/mol. The molecule has 3 atom stereocenters. The number of amides is 2. The first kappa shape index (κ1) is 18.6. The zero-order valence-electron chi connectivity index (χ0n) is 15.1. The number of hydrogen-bond acceptors (Lipinski definition) is 5. The van der Waals surface area contributed by atoms with E-state index in [1.54, 1.807) is 10.9 Å². The quantitative estimate of drug-likeness (QED) is 0.598. The van der Waals surface area contributed by atoms with Crippen molar-refractivity contribution < 1.29 is 14.7 Å². The molecule has 2 amide bonds. The van der Waals surface area contributed by atoms with E-state index >= 15 is 0 Å². The average Bonchev–Trinajstić information content (AvgIpc) is 3.30. The van der Waals surface area contributed by atoms with E-state index in [0.29, 0.717) is 31.1 Å². The van der Waals surface area contributed by atoms with Crippen LogP contribution < -0.4 is 16.0 Å². The second-order valence-electron chi connectivity index (χ2n) is 7.39. The second-order valence-corrected chi connectivity index (χ2v) is 7.39. The van der Waals surface area contributed by atoms with Crippen LogP contribution in [0, 0.1) is 5.92 Å². The van der Waals surface area contributed by atoms with Gasteiger partial charge in [0.15, 0.2) is 0 Å². The molecule has 3 rings (SSSR count). The van der Waals surface area contributed by atoms with E-state index in [2.05, 4.69) is 33.2 Å². The van der Waals surface area contributed by atoms with Crippen molar-refractivity contribution in [3.63, 3.8) is 0 Å². The number of carbonyl (C=O) groups excluding carboxylic acids is 1. The van der Waals surface area contributed by atoms with Gasteiger partial charge in [0.2, 0.25) is 0 Å². The summed E-state index contributed by atoms with van der Waals surface area (Å²) in [6.45, 7) is 2.91. The summed E-state index contributed by atoms with van der Waals surface area (Å²) in [6.07, 6.45) is 8.41. The molecule has 1 saturated carbocycles. The smallest absolute Gasteiger partial charge is 0.320 e. The third-order valence-corrected chi connectivity index (χ3v) is 5.48. The van der Waals surface area contributed by atoms with Crippen LogP contribution >= 0.6 is 0 Å². The number of aliphatic carboxylic acids is 1. The van der Waals surface area contributed by atoms with Gasteiger partial charge in [-0.15, -0.1) is 5.10 Å². The molecule has 0 bridgehead atoms. The van der Waals surface area contributed by atoms with Crippen molar-refractivity contribution in [3.05, 3.63) is 11.9 Å². The van der Waals surface area contributed by atoms with Crippen molar-refractivity contribution in [1.82, 2.24) is 30.9 Å². The van der Waals surface area contributed by atoms with E-state index < -0.39 is 12.0 Å². The van der Waals surface area contributed by atoms with Crippen molar-refractivity contribution in [2.45, 2.75) is 70.1 Å². The first-order valence-corrected chi connectivity index (χ1v) is 9.44. The monoisotopic (exact) mass is 364 g/mol. The Bertz CT molecular complexity index is 628. The molecule has 1 aliphatic heterocycles. The van der Waals surface area contributed by atoms with Gasteiger partial charge in [0.05, 0.1) is 18.8 Å². The van der Waals surface area contributed by atoms with Crippen LogP contribution in [-0.2, 0) is 11.3 Å². The molecule has 9 nitrogen and oxygen atoms in total. The molecule has 1 aromatic rings. The molecule has 0 aromatic carbocycles. The SMILES string of the molecule is C[C@H](NC(=O)NCc1cn([C@@H]2CN[C@H](C(=O)O)C2)nn1)C1CCCCC1. The number of carbonyl (C=O) groups is 2. The Labute approximate surface area is 152 Å². The number of urea groups is 1. The van der Waals surface area contributed by atoms with Crippen LogP contribution in [-0.4, -0.2) is 50.7 Å². The van der Waals surface area contributed by atoms with Crippen LogP contribution in [0.15, 0.2) is 6.20 Å². The van der Waals surface area contributed by atoms with Crippen molar-refractivity contribution in [3.8, 4) is 0 Å². The molecule has 4 N–H and O–H groups in total. The van der Waals surface area contributed by atoms with E-state index in [9.17, 15) is 9.59 Å². The minimum atomic E-state index is -0.849. The zero-order chi connectivity index (χ0) is 18.5. The molecule has 26 heavy (non-hydrogen) atoms. The minimum Gasteiger partial charge on any atom is -0.480 e. The molecular formula is C17H28N6O3. The van der Waals surface area contributed by atoms with Gasteiger partial charge < -0.3 is 21.1 Å². The van der Waals surface area contributed by atoms with Crippen molar-refractivity contribution in [2.75, 3.05) is 6.54 Å². The van der Waals surface area contributed by atoms with E-state index in [1.165, 1.54) is 32.1 Å². The molecule has 0 unspecified atom stereocenters. The van der Waals surface area contributed by atoms with Gasteiger partial charge in [-0.05, 0) is 32.1 Å². The maximum absolute atomic E-state index is 12.1. The van der Waals surface area contributed by atoms with Gasteiger partial charge in [0.25, 0.3) is 0 Å². The van der Waals surface area contributed by atoms with Gasteiger partial charge in [-0.3, -0.25) is 4.79 Å². The van der Waals surface area contributed by atoms with Crippen LogP contribution in [0.25, 0.3) is 0 Å². The van der Waals surface area contributed by atoms with Crippen molar-refractivity contribution >= 4 is 12.0 Å². The normalized spacial score (nSPS) is 25.0. The lowest BCUT2D eigenvalue weighted by Crippen LogP contribution is -2.44. The lowest BCUT2D eigenvalue weighted by Gasteiger charge is -2.28. The minimum absolute atomic E-state index is 0.0301. The van der Waals surface area contributed by atoms with Crippen molar-refractivity contribution in [2.24, 2.45) is 5.92 Å². The Morgan fingerprint density at radius 1 is 1.38 bits per heavy atom. The Balaban J connectivity index is 1.43. The zero-order valence-corrected chi connectivity index (χ0v) is 15.1. The molecule has 144 valence electrons. The highest BCUT2D eigenvalue weighted by Crippen LogP contribution is 2.26. The Morgan fingerprint density at radius 3 is 2.85 bits per heavy atom. The highest BCUT2D eigenvalue weighted by atomic mass is 16.4. The summed E-state index contributed by atoms with van der Waals surface area (Å²) in [5.41, 5.74) is 0.657. The van der Waals surface area contributed by atoms with Crippen LogP contribution in [0.4, 0.5) is 4.79 Å². The van der Waals surface area contributed by atoms with Crippen LogP contribution in [0.3, 0.4) is 0 Å². The van der Waals surface area contributed by atoms with E-state index in [4.69, 9.17) is 5.11 Å². The summed E-state index contributed by atoms with van der Waals surface area (Å²) in [7, 11) is 0. The summed E-state index contributed by atoms with van der Waals surface area (Å²) < 4.78 is 1.68. The molecule has 2 heterocycles. The number of aromatic nitrogens is 3. The number of hydrogen-bond donors (Lipinski definition) is 4. The topological polar surface area (TPSA) is 121 Å². The maximum atomic E-state index is 12.1. The fraction of sp³-hybridized carbons (Fsp3) is 0.765. The number of nitrogens with zero attached hydrogens (tertiary/aromatic N) is 3. The van der Waals surface area contributed by atoms with Gasteiger partial charge in [-0.25, -0.2) is 9.48 Å². The number of carboxylic acids is 1. The Hall–Kier alpha value is -2.16. The van der Waals surface area contributed by atoms with Gasteiger partial charge in [-0.2, -0.15) is 0 Å². The highest BCUT2D eigenvalue weighted by Gasteiger charge is 2.30. The summed E-state index contributed by atoms with van der Waals surface area (Å²) >= 11 is 0. The summed E-state index contributed by atoms with van der Waals surface area (Å²) in [4.78, 5) is 23.1. The standard InChI is InChI=1S/C17H28N6O3/c1-11(12-5-3-2-4-6-12)20-17(26)19-8-13-10-23(22-21-13)14-7-15(16(24)25)18-9-14/h10-12,14-15,18H,2-9H2,1H3,(H,24,25)(H2,19,20,26)/t11-,14-,15-/m0/s1. The van der Waals surface area contributed by atoms with Gasteiger partial charge in [0, 0.05) is 12.6 Å². The molecule has 2 fully saturated rings. The second kappa shape index (κ2) is 8.48. The number of carboxylic acid groups (broad SMARTS) is 1. The molecule has 0 spiro atoms. The van der Waals surface area contributed by atoms with Gasteiger partial charge >= 0.3 is 12.0 Å². The first-order valence-electron chi connectivity index (χ1n) is 9.44. The molecule has 2 aliphatic rings.